The Labute approximate surface area is 176 Å². The largest absolute Gasteiger partial charge is 0.352 e. The number of benzene rings is 1. The summed E-state index contributed by atoms with van der Waals surface area (Å²) in [7, 11) is -3.61. The smallest absolute Gasteiger partial charge is 0.252 e. The molecule has 0 spiro atoms. The maximum atomic E-state index is 12.9. The Balaban J connectivity index is 1.60. The topological polar surface area (TPSA) is 99.3 Å². The van der Waals surface area contributed by atoms with Gasteiger partial charge in [-0.15, -0.1) is 0 Å². The van der Waals surface area contributed by atoms with E-state index in [0.717, 1.165) is 32.1 Å². The molecule has 1 aromatic heterocycles. The molecule has 1 aliphatic carbocycles. The van der Waals surface area contributed by atoms with Crippen molar-refractivity contribution in [3.8, 4) is 0 Å². The molecular formula is C22H27N3O4S. The highest BCUT2D eigenvalue weighted by Crippen LogP contribution is 2.25. The van der Waals surface area contributed by atoms with Crippen molar-refractivity contribution in [2.24, 2.45) is 0 Å². The van der Waals surface area contributed by atoms with Gasteiger partial charge >= 0.3 is 0 Å². The number of H-pyrrole nitrogens is 1. The second kappa shape index (κ2) is 8.73. The van der Waals surface area contributed by atoms with Gasteiger partial charge in [0, 0.05) is 36.6 Å². The first-order chi connectivity index (χ1) is 14.4. The number of nitrogens with zero attached hydrogens (tertiary/aromatic N) is 1. The summed E-state index contributed by atoms with van der Waals surface area (Å²) in [6.07, 6.45) is 9.31. The van der Waals surface area contributed by atoms with E-state index in [1.54, 1.807) is 6.07 Å². The van der Waals surface area contributed by atoms with E-state index in [2.05, 4.69) is 16.4 Å². The summed E-state index contributed by atoms with van der Waals surface area (Å²) in [4.78, 5) is 27.7. The molecule has 1 saturated heterocycles. The van der Waals surface area contributed by atoms with Gasteiger partial charge in [-0.25, -0.2) is 8.42 Å². The fraction of sp³-hybridized carbons (Fsp3) is 0.455. The Bertz CT molecular complexity index is 1140. The molecule has 1 amide bonds. The molecule has 0 unspecified atom stereocenters. The van der Waals surface area contributed by atoms with Crippen LogP contribution < -0.4 is 10.9 Å². The Kier molecular flexibility index (Phi) is 6.06. The average molecular weight is 430 g/mol. The van der Waals surface area contributed by atoms with E-state index in [4.69, 9.17) is 0 Å². The van der Waals surface area contributed by atoms with Gasteiger partial charge in [-0.2, -0.15) is 4.31 Å². The molecule has 2 aliphatic rings. The number of sulfonamides is 1. The Morgan fingerprint density at radius 2 is 1.90 bits per heavy atom. The first-order valence-electron chi connectivity index (χ1n) is 10.6. The molecule has 2 N–H and O–H groups in total. The van der Waals surface area contributed by atoms with E-state index in [1.165, 1.54) is 40.9 Å². The van der Waals surface area contributed by atoms with Crippen molar-refractivity contribution in [3.05, 3.63) is 51.8 Å². The molecule has 1 fully saturated rings. The summed E-state index contributed by atoms with van der Waals surface area (Å²) in [5.74, 6) is -0.363. The zero-order valence-electron chi connectivity index (χ0n) is 16.9. The standard InChI is InChI=1S/C22H27N3O4S/c26-21-15-19(22(27)23-11-10-16-6-2-1-3-7-16)18-14-17(8-9-20(18)24-21)30(28,29)25-12-4-5-13-25/h6,8-9,14-15H,1-5,7,10-13H2,(H,23,27)(H,24,26). The van der Waals surface area contributed by atoms with Crippen LogP contribution in [-0.2, 0) is 10.0 Å². The van der Waals surface area contributed by atoms with Gasteiger partial charge < -0.3 is 10.3 Å². The van der Waals surface area contributed by atoms with Crippen LogP contribution in [0.4, 0.5) is 0 Å². The van der Waals surface area contributed by atoms with Gasteiger partial charge in [-0.3, -0.25) is 9.59 Å². The minimum Gasteiger partial charge on any atom is -0.352 e. The van der Waals surface area contributed by atoms with Gasteiger partial charge in [0.05, 0.1) is 10.5 Å². The highest BCUT2D eigenvalue weighted by molar-refractivity contribution is 7.89. The van der Waals surface area contributed by atoms with Crippen LogP contribution in [0.5, 0.6) is 0 Å². The lowest BCUT2D eigenvalue weighted by Gasteiger charge is -2.16. The molecule has 160 valence electrons. The van der Waals surface area contributed by atoms with E-state index >= 15 is 0 Å². The van der Waals surface area contributed by atoms with E-state index in [0.29, 0.717) is 30.5 Å². The van der Waals surface area contributed by atoms with E-state index < -0.39 is 15.6 Å². The molecule has 0 saturated carbocycles. The summed E-state index contributed by atoms with van der Waals surface area (Å²) >= 11 is 0. The van der Waals surface area contributed by atoms with Crippen LogP contribution in [0.1, 0.15) is 55.3 Å². The first kappa shape index (κ1) is 20.8. The predicted molar refractivity (Wildman–Crippen MR) is 116 cm³/mol. The van der Waals surface area contributed by atoms with E-state index in [-0.39, 0.29) is 16.4 Å². The third-order valence-electron chi connectivity index (χ3n) is 5.88. The molecule has 30 heavy (non-hydrogen) atoms. The van der Waals surface area contributed by atoms with Gasteiger partial charge in [0.2, 0.25) is 15.6 Å². The minimum atomic E-state index is -3.61. The van der Waals surface area contributed by atoms with Crippen LogP contribution in [0.15, 0.2) is 45.6 Å². The fourth-order valence-corrected chi connectivity index (χ4v) is 5.77. The molecule has 2 aromatic rings. The Hall–Kier alpha value is -2.45. The molecule has 0 atom stereocenters. The molecule has 2 heterocycles. The monoisotopic (exact) mass is 429 g/mol. The van der Waals surface area contributed by atoms with Gasteiger partial charge in [0.15, 0.2) is 0 Å². The molecule has 0 bridgehead atoms. The highest BCUT2D eigenvalue weighted by Gasteiger charge is 2.27. The summed E-state index contributed by atoms with van der Waals surface area (Å²) < 4.78 is 27.3. The second-order valence-corrected chi connectivity index (χ2v) is 9.92. The number of carbonyl (C=O) groups is 1. The molecule has 1 aromatic carbocycles. The third kappa shape index (κ3) is 4.34. The molecule has 4 rings (SSSR count). The zero-order valence-corrected chi connectivity index (χ0v) is 17.8. The average Bonchev–Trinajstić information content (AvgIpc) is 3.29. The normalized spacial score (nSPS) is 17.8. The van der Waals surface area contributed by atoms with Gasteiger partial charge in [-0.05, 0) is 63.1 Å². The fourth-order valence-electron chi connectivity index (χ4n) is 4.22. The Morgan fingerprint density at radius 1 is 1.10 bits per heavy atom. The number of fused-ring (bicyclic) bond motifs is 1. The van der Waals surface area contributed by atoms with Crippen molar-refractivity contribution >= 4 is 26.8 Å². The number of hydrogen-bond acceptors (Lipinski definition) is 4. The van der Waals surface area contributed by atoms with Crippen molar-refractivity contribution in [2.75, 3.05) is 19.6 Å². The van der Waals surface area contributed by atoms with Gasteiger partial charge in [-0.1, -0.05) is 11.6 Å². The number of amides is 1. The lowest BCUT2D eigenvalue weighted by Crippen LogP contribution is -2.28. The van der Waals surface area contributed by atoms with Crippen molar-refractivity contribution in [1.29, 1.82) is 0 Å². The molecule has 1 aliphatic heterocycles. The van der Waals surface area contributed by atoms with Crippen molar-refractivity contribution < 1.29 is 13.2 Å². The highest BCUT2D eigenvalue weighted by atomic mass is 32.2. The lowest BCUT2D eigenvalue weighted by atomic mass is 9.97. The van der Waals surface area contributed by atoms with Crippen LogP contribution in [0.3, 0.4) is 0 Å². The van der Waals surface area contributed by atoms with Crippen molar-refractivity contribution in [2.45, 2.75) is 49.8 Å². The zero-order chi connectivity index (χ0) is 21.1. The SMILES string of the molecule is O=C(NCCC1=CCCCC1)c1cc(=O)[nH]c2ccc(S(=O)(=O)N3CCCC3)cc12. The molecule has 8 heteroatoms. The molecule has 0 radical (unpaired) electrons. The molecule has 7 nitrogen and oxygen atoms in total. The van der Waals surface area contributed by atoms with Gasteiger partial charge in [0.1, 0.15) is 0 Å². The number of aromatic amines is 1. The summed E-state index contributed by atoms with van der Waals surface area (Å²) in [5.41, 5.74) is 1.61. The van der Waals surface area contributed by atoms with Gasteiger partial charge in [0.25, 0.3) is 5.91 Å². The van der Waals surface area contributed by atoms with Crippen LogP contribution >= 0.6 is 0 Å². The number of pyridine rings is 1. The number of allylic oxidation sites excluding steroid dienone is 1. The third-order valence-corrected chi connectivity index (χ3v) is 7.77. The first-order valence-corrected chi connectivity index (χ1v) is 12.0. The number of aromatic nitrogens is 1. The number of nitrogens with one attached hydrogen (secondary N) is 2. The number of rotatable bonds is 6. The summed E-state index contributed by atoms with van der Waals surface area (Å²) in [6.45, 7) is 1.51. The molecular weight excluding hydrogens is 402 g/mol. The predicted octanol–water partition coefficient (Wildman–Crippen LogP) is 2.93. The quantitative estimate of drug-likeness (QED) is 0.690. The van der Waals surface area contributed by atoms with Crippen LogP contribution in [0.25, 0.3) is 10.9 Å². The van der Waals surface area contributed by atoms with Crippen molar-refractivity contribution in [3.63, 3.8) is 0 Å². The maximum Gasteiger partial charge on any atom is 0.252 e. The second-order valence-electron chi connectivity index (χ2n) is 7.98. The van der Waals surface area contributed by atoms with Crippen molar-refractivity contribution in [1.82, 2.24) is 14.6 Å². The lowest BCUT2D eigenvalue weighted by molar-refractivity contribution is 0.0955. The number of carbonyl (C=O) groups excluding carboxylic acids is 1. The van der Waals surface area contributed by atoms with Crippen LogP contribution in [0.2, 0.25) is 0 Å². The summed E-state index contributed by atoms with van der Waals surface area (Å²) in [5, 5.41) is 3.32. The van der Waals surface area contributed by atoms with E-state index in [9.17, 15) is 18.0 Å². The van der Waals surface area contributed by atoms with E-state index in [1.807, 2.05) is 0 Å². The van der Waals surface area contributed by atoms with Crippen LogP contribution in [0, 0.1) is 0 Å². The van der Waals surface area contributed by atoms with Crippen LogP contribution in [-0.4, -0.2) is 43.2 Å². The Morgan fingerprint density at radius 3 is 2.63 bits per heavy atom. The maximum absolute atomic E-state index is 12.9. The summed E-state index contributed by atoms with van der Waals surface area (Å²) in [6, 6.07) is 5.79. The minimum absolute atomic E-state index is 0.144. The number of hydrogen-bond donors (Lipinski definition) is 2.